The van der Waals surface area contributed by atoms with Crippen LogP contribution >= 0.6 is 0 Å². The fourth-order valence-corrected chi connectivity index (χ4v) is 4.98. The fraction of sp³-hybridized carbons (Fsp3) is 0.276. The van der Waals surface area contributed by atoms with Crippen molar-refractivity contribution < 1.29 is 23.9 Å². The van der Waals surface area contributed by atoms with Crippen LogP contribution in [0.15, 0.2) is 66.2 Å². The Morgan fingerprint density at radius 3 is 2.53 bits per heavy atom. The van der Waals surface area contributed by atoms with Crippen LogP contribution in [-0.4, -0.2) is 35.9 Å². The predicted octanol–water partition coefficient (Wildman–Crippen LogP) is 5.22. The number of benzene rings is 3. The molecule has 1 heterocycles. The summed E-state index contributed by atoms with van der Waals surface area (Å²) in [5.41, 5.74) is 1.59. The molecule has 184 valence electrons. The highest BCUT2D eigenvalue weighted by molar-refractivity contribution is 6.31. The number of ether oxygens (including phenoxy) is 2. The standard InChI is InChI=1S/C29H28N2O5/c1-35-26-17-19(14-15-25(26)36-18-21-10-7-9-20-8-5-6-13-23(20)21)16-24-27(32)30-29(34)31(28(24)33)22-11-3-2-4-12-22/h5-10,13-17,22H,2-4,11-12,18H2,1H3,(H,30,32,34). The second-order valence-electron chi connectivity index (χ2n) is 9.12. The van der Waals surface area contributed by atoms with Gasteiger partial charge in [-0.15, -0.1) is 0 Å². The average Bonchev–Trinajstić information content (AvgIpc) is 2.90. The number of fused-ring (bicyclic) bond motifs is 1. The first-order valence-electron chi connectivity index (χ1n) is 12.2. The molecule has 2 fully saturated rings. The number of hydrogen-bond donors (Lipinski definition) is 1. The summed E-state index contributed by atoms with van der Waals surface area (Å²) in [7, 11) is 1.54. The van der Waals surface area contributed by atoms with Gasteiger partial charge in [-0.3, -0.25) is 19.8 Å². The highest BCUT2D eigenvalue weighted by Gasteiger charge is 2.40. The summed E-state index contributed by atoms with van der Waals surface area (Å²) < 4.78 is 11.6. The van der Waals surface area contributed by atoms with Gasteiger partial charge in [-0.2, -0.15) is 0 Å². The van der Waals surface area contributed by atoms with E-state index < -0.39 is 17.8 Å². The summed E-state index contributed by atoms with van der Waals surface area (Å²) >= 11 is 0. The van der Waals surface area contributed by atoms with E-state index in [2.05, 4.69) is 23.5 Å². The van der Waals surface area contributed by atoms with Crippen molar-refractivity contribution in [2.75, 3.05) is 7.11 Å². The summed E-state index contributed by atoms with van der Waals surface area (Å²) in [4.78, 5) is 39.3. The summed E-state index contributed by atoms with van der Waals surface area (Å²) in [6.45, 7) is 0.359. The summed E-state index contributed by atoms with van der Waals surface area (Å²) in [6.07, 6.45) is 6.04. The van der Waals surface area contributed by atoms with Gasteiger partial charge in [0.05, 0.1) is 7.11 Å². The Bertz CT molecular complexity index is 1350. The Kier molecular flexibility index (Phi) is 6.71. The van der Waals surface area contributed by atoms with Crippen molar-refractivity contribution in [1.29, 1.82) is 0 Å². The third-order valence-electron chi connectivity index (χ3n) is 6.83. The first kappa shape index (κ1) is 23.6. The molecule has 3 aromatic rings. The third kappa shape index (κ3) is 4.69. The molecule has 1 N–H and O–H groups in total. The molecule has 0 atom stereocenters. The molecule has 0 unspecified atom stereocenters. The van der Waals surface area contributed by atoms with Crippen molar-refractivity contribution in [3.63, 3.8) is 0 Å². The fourth-order valence-electron chi connectivity index (χ4n) is 4.98. The van der Waals surface area contributed by atoms with E-state index in [0.29, 0.717) is 23.7 Å². The molecular weight excluding hydrogens is 456 g/mol. The number of rotatable bonds is 6. The third-order valence-corrected chi connectivity index (χ3v) is 6.83. The number of methoxy groups -OCH3 is 1. The first-order valence-corrected chi connectivity index (χ1v) is 12.2. The van der Waals surface area contributed by atoms with Gasteiger partial charge in [0.15, 0.2) is 11.5 Å². The van der Waals surface area contributed by atoms with E-state index in [-0.39, 0.29) is 11.6 Å². The van der Waals surface area contributed by atoms with Crippen molar-refractivity contribution in [3.05, 3.63) is 77.4 Å². The Morgan fingerprint density at radius 2 is 1.72 bits per heavy atom. The van der Waals surface area contributed by atoms with Gasteiger partial charge in [-0.05, 0) is 52.9 Å². The number of amides is 4. The second-order valence-corrected chi connectivity index (χ2v) is 9.12. The number of carbonyl (C=O) groups is 3. The quantitative estimate of drug-likeness (QED) is 0.383. The van der Waals surface area contributed by atoms with Gasteiger partial charge < -0.3 is 9.47 Å². The lowest BCUT2D eigenvalue weighted by Crippen LogP contribution is -2.58. The summed E-state index contributed by atoms with van der Waals surface area (Å²) in [6, 6.07) is 18.6. The number of nitrogens with one attached hydrogen (secondary N) is 1. The van der Waals surface area contributed by atoms with Gasteiger partial charge in [0.1, 0.15) is 12.2 Å². The number of hydrogen-bond acceptors (Lipinski definition) is 5. The highest BCUT2D eigenvalue weighted by Crippen LogP contribution is 2.32. The minimum absolute atomic E-state index is 0.0633. The molecule has 1 aliphatic carbocycles. The molecular formula is C29H28N2O5. The van der Waals surface area contributed by atoms with Crippen LogP contribution in [0.2, 0.25) is 0 Å². The maximum Gasteiger partial charge on any atom is 0.331 e. The average molecular weight is 485 g/mol. The zero-order chi connectivity index (χ0) is 25.1. The van der Waals surface area contributed by atoms with Crippen molar-refractivity contribution in [2.24, 2.45) is 0 Å². The smallest absolute Gasteiger partial charge is 0.331 e. The minimum Gasteiger partial charge on any atom is -0.493 e. The lowest BCUT2D eigenvalue weighted by molar-refractivity contribution is -0.132. The van der Waals surface area contributed by atoms with Gasteiger partial charge in [0.2, 0.25) is 0 Å². The molecule has 3 aromatic carbocycles. The molecule has 4 amide bonds. The maximum absolute atomic E-state index is 13.2. The number of nitrogens with zero attached hydrogens (tertiary/aromatic N) is 1. The highest BCUT2D eigenvalue weighted by atomic mass is 16.5. The molecule has 36 heavy (non-hydrogen) atoms. The number of urea groups is 1. The number of imide groups is 2. The zero-order valence-electron chi connectivity index (χ0n) is 20.2. The summed E-state index contributed by atoms with van der Waals surface area (Å²) in [5.74, 6) is -0.210. The van der Waals surface area contributed by atoms with E-state index in [1.165, 1.54) is 11.0 Å². The van der Waals surface area contributed by atoms with Gasteiger partial charge in [0.25, 0.3) is 11.8 Å². The van der Waals surface area contributed by atoms with Crippen LogP contribution in [0.25, 0.3) is 16.8 Å². The van der Waals surface area contributed by atoms with Gasteiger partial charge in [-0.25, -0.2) is 4.79 Å². The molecule has 1 saturated carbocycles. The Hall–Kier alpha value is -4.13. The Morgan fingerprint density at radius 1 is 0.944 bits per heavy atom. The van der Waals surface area contributed by atoms with E-state index >= 15 is 0 Å². The van der Waals surface area contributed by atoms with Crippen molar-refractivity contribution in [2.45, 2.75) is 44.8 Å². The normalized spacial score (nSPS) is 18.0. The topological polar surface area (TPSA) is 84.9 Å². The number of carbonyl (C=O) groups excluding carboxylic acids is 3. The second kappa shape index (κ2) is 10.2. The lowest BCUT2D eigenvalue weighted by Gasteiger charge is -2.35. The van der Waals surface area contributed by atoms with Crippen molar-refractivity contribution in [3.8, 4) is 11.5 Å². The monoisotopic (exact) mass is 484 g/mol. The molecule has 0 bridgehead atoms. The molecule has 1 aliphatic heterocycles. The van der Waals surface area contributed by atoms with E-state index in [0.717, 1.165) is 48.4 Å². The summed E-state index contributed by atoms with van der Waals surface area (Å²) in [5, 5.41) is 4.59. The van der Waals surface area contributed by atoms with Gasteiger partial charge in [0, 0.05) is 6.04 Å². The molecule has 2 aliphatic rings. The molecule has 5 rings (SSSR count). The van der Waals surface area contributed by atoms with Gasteiger partial charge >= 0.3 is 6.03 Å². The minimum atomic E-state index is -0.688. The van der Waals surface area contributed by atoms with Crippen molar-refractivity contribution >= 4 is 34.7 Å². The van der Waals surface area contributed by atoms with Crippen LogP contribution in [-0.2, 0) is 16.2 Å². The lowest BCUT2D eigenvalue weighted by atomic mass is 9.93. The van der Waals surface area contributed by atoms with E-state index in [1.807, 2.05) is 24.3 Å². The molecule has 7 nitrogen and oxygen atoms in total. The maximum atomic E-state index is 13.2. The number of barbiturate groups is 1. The van der Waals surface area contributed by atoms with E-state index in [9.17, 15) is 14.4 Å². The Labute approximate surface area is 209 Å². The first-order chi connectivity index (χ1) is 17.5. The molecule has 0 radical (unpaired) electrons. The molecule has 7 heteroatoms. The SMILES string of the molecule is COc1cc(C=C2C(=O)NC(=O)N(C3CCCCC3)C2=O)ccc1OCc1cccc2ccccc12. The van der Waals surface area contributed by atoms with Crippen LogP contribution in [0.3, 0.4) is 0 Å². The Balaban J connectivity index is 1.37. The van der Waals surface area contributed by atoms with Crippen LogP contribution in [0.4, 0.5) is 4.79 Å². The van der Waals surface area contributed by atoms with E-state index in [4.69, 9.17) is 9.47 Å². The molecule has 1 saturated heterocycles. The largest absolute Gasteiger partial charge is 0.493 e. The van der Waals surface area contributed by atoms with E-state index in [1.54, 1.807) is 25.3 Å². The zero-order valence-corrected chi connectivity index (χ0v) is 20.2. The molecule has 0 spiro atoms. The van der Waals surface area contributed by atoms with Crippen LogP contribution in [0, 0.1) is 0 Å². The molecule has 0 aromatic heterocycles. The van der Waals surface area contributed by atoms with Gasteiger partial charge in [-0.1, -0.05) is 67.8 Å². The van der Waals surface area contributed by atoms with Crippen LogP contribution < -0.4 is 14.8 Å². The van der Waals surface area contributed by atoms with Crippen LogP contribution in [0.1, 0.15) is 43.2 Å². The van der Waals surface area contributed by atoms with Crippen LogP contribution in [0.5, 0.6) is 11.5 Å². The predicted molar refractivity (Wildman–Crippen MR) is 137 cm³/mol. The van der Waals surface area contributed by atoms with Crippen molar-refractivity contribution in [1.82, 2.24) is 10.2 Å².